The van der Waals surface area contributed by atoms with Crippen LogP contribution in [0, 0.1) is 17.5 Å². The van der Waals surface area contributed by atoms with Gasteiger partial charge in [0.15, 0.2) is 17.5 Å². The standard InChI is InChI=1S/C10H10F3NO2/c1-5(4-15)14-10(16)6-2-7(11)9(13)8(12)3-6/h2-3,5,15H,4H2,1H3,(H,14,16). The summed E-state index contributed by atoms with van der Waals surface area (Å²) < 4.78 is 38.1. The van der Waals surface area contributed by atoms with E-state index in [0.29, 0.717) is 12.1 Å². The van der Waals surface area contributed by atoms with Gasteiger partial charge in [-0.25, -0.2) is 13.2 Å². The number of halogens is 3. The van der Waals surface area contributed by atoms with E-state index in [0.717, 1.165) is 0 Å². The molecule has 0 fully saturated rings. The number of aliphatic hydroxyl groups excluding tert-OH is 1. The summed E-state index contributed by atoms with van der Waals surface area (Å²) in [6.45, 7) is 1.20. The van der Waals surface area contributed by atoms with Crippen molar-refractivity contribution in [2.75, 3.05) is 6.61 Å². The Kier molecular flexibility index (Phi) is 3.89. The summed E-state index contributed by atoms with van der Waals surface area (Å²) in [6.07, 6.45) is 0. The maximum Gasteiger partial charge on any atom is 0.251 e. The molecule has 0 radical (unpaired) electrons. The molecule has 6 heteroatoms. The van der Waals surface area contributed by atoms with E-state index in [1.165, 1.54) is 6.92 Å². The molecular formula is C10H10F3NO2. The predicted molar refractivity (Wildman–Crippen MR) is 50.3 cm³/mol. The van der Waals surface area contributed by atoms with Crippen LogP contribution in [0.4, 0.5) is 13.2 Å². The lowest BCUT2D eigenvalue weighted by atomic mass is 10.2. The average molecular weight is 233 g/mol. The molecular weight excluding hydrogens is 223 g/mol. The van der Waals surface area contributed by atoms with Gasteiger partial charge >= 0.3 is 0 Å². The molecule has 1 aromatic carbocycles. The topological polar surface area (TPSA) is 49.3 Å². The Morgan fingerprint density at radius 3 is 2.31 bits per heavy atom. The molecule has 0 aliphatic carbocycles. The van der Waals surface area contributed by atoms with E-state index >= 15 is 0 Å². The highest BCUT2D eigenvalue weighted by Crippen LogP contribution is 2.13. The van der Waals surface area contributed by atoms with E-state index in [1.807, 2.05) is 0 Å². The molecule has 0 saturated heterocycles. The second-order valence-corrected chi connectivity index (χ2v) is 3.31. The third kappa shape index (κ3) is 2.73. The van der Waals surface area contributed by atoms with E-state index in [9.17, 15) is 18.0 Å². The molecule has 0 saturated carbocycles. The quantitative estimate of drug-likeness (QED) is 0.771. The van der Waals surface area contributed by atoms with Crippen LogP contribution >= 0.6 is 0 Å². The smallest absolute Gasteiger partial charge is 0.251 e. The highest BCUT2D eigenvalue weighted by Gasteiger charge is 2.15. The van der Waals surface area contributed by atoms with Crippen molar-refractivity contribution in [2.24, 2.45) is 0 Å². The second-order valence-electron chi connectivity index (χ2n) is 3.31. The average Bonchev–Trinajstić information content (AvgIpc) is 2.24. The summed E-state index contributed by atoms with van der Waals surface area (Å²) in [5, 5.41) is 10.9. The van der Waals surface area contributed by atoms with E-state index in [2.05, 4.69) is 5.32 Å². The number of rotatable bonds is 3. The SMILES string of the molecule is CC(CO)NC(=O)c1cc(F)c(F)c(F)c1. The Hall–Kier alpha value is -1.56. The lowest BCUT2D eigenvalue weighted by Gasteiger charge is -2.10. The van der Waals surface area contributed by atoms with Crippen LogP contribution < -0.4 is 5.32 Å². The minimum absolute atomic E-state index is 0.308. The van der Waals surface area contributed by atoms with Crippen LogP contribution in [0.5, 0.6) is 0 Å². The van der Waals surface area contributed by atoms with Crippen molar-refractivity contribution < 1.29 is 23.1 Å². The van der Waals surface area contributed by atoms with Crippen molar-refractivity contribution in [3.8, 4) is 0 Å². The van der Waals surface area contributed by atoms with Crippen LogP contribution in [-0.4, -0.2) is 23.7 Å². The molecule has 88 valence electrons. The lowest BCUT2D eigenvalue weighted by Crippen LogP contribution is -2.35. The normalized spacial score (nSPS) is 12.3. The van der Waals surface area contributed by atoms with Gasteiger partial charge in [0.25, 0.3) is 5.91 Å². The molecule has 2 N–H and O–H groups in total. The van der Waals surface area contributed by atoms with Crippen molar-refractivity contribution in [3.05, 3.63) is 35.1 Å². The Bertz CT molecular complexity index is 386. The van der Waals surface area contributed by atoms with Crippen LogP contribution in [0.25, 0.3) is 0 Å². The summed E-state index contributed by atoms with van der Waals surface area (Å²) >= 11 is 0. The highest BCUT2D eigenvalue weighted by molar-refractivity contribution is 5.94. The minimum atomic E-state index is -1.62. The Balaban J connectivity index is 2.93. The van der Waals surface area contributed by atoms with Gasteiger partial charge in [0.2, 0.25) is 0 Å². The van der Waals surface area contributed by atoms with Gasteiger partial charge in [-0.2, -0.15) is 0 Å². The number of carbonyl (C=O) groups is 1. The zero-order chi connectivity index (χ0) is 12.3. The molecule has 1 atom stereocenters. The van der Waals surface area contributed by atoms with Gasteiger partial charge in [-0.1, -0.05) is 0 Å². The van der Waals surface area contributed by atoms with Gasteiger partial charge in [-0.05, 0) is 19.1 Å². The van der Waals surface area contributed by atoms with Gasteiger partial charge in [0.1, 0.15) is 0 Å². The first-order valence-corrected chi connectivity index (χ1v) is 4.52. The molecule has 0 aliphatic heterocycles. The Morgan fingerprint density at radius 2 is 1.88 bits per heavy atom. The van der Waals surface area contributed by atoms with Crippen molar-refractivity contribution in [1.29, 1.82) is 0 Å². The predicted octanol–water partition coefficient (Wildman–Crippen LogP) is 1.21. The number of carbonyl (C=O) groups excluding carboxylic acids is 1. The van der Waals surface area contributed by atoms with E-state index in [4.69, 9.17) is 5.11 Å². The third-order valence-corrected chi connectivity index (χ3v) is 1.90. The number of hydrogen-bond acceptors (Lipinski definition) is 2. The fourth-order valence-electron chi connectivity index (χ4n) is 1.04. The zero-order valence-corrected chi connectivity index (χ0v) is 8.43. The largest absolute Gasteiger partial charge is 0.394 e. The molecule has 0 bridgehead atoms. The van der Waals surface area contributed by atoms with Gasteiger partial charge < -0.3 is 10.4 Å². The molecule has 0 aliphatic rings. The van der Waals surface area contributed by atoms with Crippen molar-refractivity contribution >= 4 is 5.91 Å². The molecule has 0 heterocycles. The fourth-order valence-corrected chi connectivity index (χ4v) is 1.04. The molecule has 16 heavy (non-hydrogen) atoms. The summed E-state index contributed by atoms with van der Waals surface area (Å²) in [7, 11) is 0. The van der Waals surface area contributed by atoms with Gasteiger partial charge in [-0.3, -0.25) is 4.79 Å². The number of benzene rings is 1. The second kappa shape index (κ2) is 4.98. The Labute approximate surface area is 89.9 Å². The van der Waals surface area contributed by atoms with Crippen molar-refractivity contribution in [1.82, 2.24) is 5.32 Å². The van der Waals surface area contributed by atoms with Gasteiger partial charge in [-0.15, -0.1) is 0 Å². The maximum atomic E-state index is 12.8. The summed E-state index contributed by atoms with van der Waals surface area (Å²) in [5.74, 6) is -5.25. The van der Waals surface area contributed by atoms with Crippen molar-refractivity contribution in [2.45, 2.75) is 13.0 Å². The van der Waals surface area contributed by atoms with Crippen LogP contribution in [-0.2, 0) is 0 Å². The first-order chi connectivity index (χ1) is 7.45. The lowest BCUT2D eigenvalue weighted by molar-refractivity contribution is 0.0921. The first kappa shape index (κ1) is 12.5. The van der Waals surface area contributed by atoms with Gasteiger partial charge in [0, 0.05) is 11.6 Å². The molecule has 0 spiro atoms. The maximum absolute atomic E-state index is 12.8. The number of amides is 1. The van der Waals surface area contributed by atoms with E-state index in [1.54, 1.807) is 0 Å². The monoisotopic (exact) mass is 233 g/mol. The van der Waals surface area contributed by atoms with Crippen molar-refractivity contribution in [3.63, 3.8) is 0 Å². The highest BCUT2D eigenvalue weighted by atomic mass is 19.2. The minimum Gasteiger partial charge on any atom is -0.394 e. The van der Waals surface area contributed by atoms with Crippen LogP contribution in [0.1, 0.15) is 17.3 Å². The van der Waals surface area contributed by atoms with Crippen LogP contribution in [0.15, 0.2) is 12.1 Å². The molecule has 1 rings (SSSR count). The number of nitrogens with one attached hydrogen (secondary N) is 1. The zero-order valence-electron chi connectivity index (χ0n) is 8.43. The number of aliphatic hydroxyl groups is 1. The van der Waals surface area contributed by atoms with Gasteiger partial charge in [0.05, 0.1) is 6.61 Å². The first-order valence-electron chi connectivity index (χ1n) is 4.52. The van der Waals surface area contributed by atoms with Crippen LogP contribution in [0.2, 0.25) is 0 Å². The molecule has 0 aromatic heterocycles. The molecule has 1 unspecified atom stereocenters. The van der Waals surface area contributed by atoms with E-state index < -0.39 is 29.4 Å². The third-order valence-electron chi connectivity index (χ3n) is 1.90. The fraction of sp³-hybridized carbons (Fsp3) is 0.300. The number of hydrogen-bond donors (Lipinski definition) is 2. The van der Waals surface area contributed by atoms with Crippen LogP contribution in [0.3, 0.4) is 0 Å². The summed E-state index contributed by atoms with van der Waals surface area (Å²) in [5.41, 5.74) is -0.336. The Morgan fingerprint density at radius 1 is 1.38 bits per heavy atom. The molecule has 3 nitrogen and oxygen atoms in total. The van der Waals surface area contributed by atoms with E-state index in [-0.39, 0.29) is 12.2 Å². The molecule has 1 amide bonds. The molecule has 1 aromatic rings. The summed E-state index contributed by atoms with van der Waals surface area (Å²) in [6, 6.07) is 0.638. The summed E-state index contributed by atoms with van der Waals surface area (Å²) in [4.78, 5) is 11.4.